The van der Waals surface area contributed by atoms with Gasteiger partial charge in [-0.1, -0.05) is 6.07 Å². The van der Waals surface area contributed by atoms with Gasteiger partial charge in [0.05, 0.1) is 18.7 Å². The van der Waals surface area contributed by atoms with Crippen molar-refractivity contribution >= 4 is 12.1 Å². The molecule has 2 atom stereocenters. The molecule has 0 saturated carbocycles. The quantitative estimate of drug-likeness (QED) is 0.778. The fourth-order valence-electron chi connectivity index (χ4n) is 2.74. The summed E-state index contributed by atoms with van der Waals surface area (Å²) >= 11 is 0. The number of hydrogen-bond acceptors (Lipinski definition) is 5. The van der Waals surface area contributed by atoms with Gasteiger partial charge in [-0.25, -0.2) is 9.59 Å². The van der Waals surface area contributed by atoms with Crippen molar-refractivity contribution in [2.45, 2.75) is 58.8 Å². The summed E-state index contributed by atoms with van der Waals surface area (Å²) in [6, 6.07) is 5.27. The SMILES string of the molecule is COC(=O)c1cc(O[C@@H](C)[C@@H]2CCN2C(=O)OC(C)(C)C)ccc1C. The number of carbonyl (C=O) groups excluding carboxylic acids is 2. The topological polar surface area (TPSA) is 65.1 Å². The smallest absolute Gasteiger partial charge is 0.410 e. The second-order valence-electron chi connectivity index (χ2n) is 7.32. The van der Waals surface area contributed by atoms with Crippen LogP contribution in [0.1, 0.15) is 50.0 Å². The van der Waals surface area contributed by atoms with Crippen LogP contribution in [-0.4, -0.2) is 48.4 Å². The van der Waals surface area contributed by atoms with Crippen LogP contribution in [0.15, 0.2) is 18.2 Å². The van der Waals surface area contributed by atoms with Gasteiger partial charge >= 0.3 is 12.1 Å². The molecular weight excluding hydrogens is 322 g/mol. The van der Waals surface area contributed by atoms with Crippen molar-refractivity contribution in [2.75, 3.05) is 13.7 Å². The number of amides is 1. The van der Waals surface area contributed by atoms with Crippen LogP contribution in [-0.2, 0) is 9.47 Å². The molecule has 2 rings (SSSR count). The zero-order valence-corrected chi connectivity index (χ0v) is 15.8. The summed E-state index contributed by atoms with van der Waals surface area (Å²) in [6.07, 6.45) is 0.323. The number of benzene rings is 1. The van der Waals surface area contributed by atoms with Crippen molar-refractivity contribution in [1.29, 1.82) is 0 Å². The molecule has 0 spiro atoms. The van der Waals surface area contributed by atoms with Crippen LogP contribution in [0.5, 0.6) is 5.75 Å². The third kappa shape index (κ3) is 4.65. The Morgan fingerprint density at radius 2 is 1.96 bits per heavy atom. The van der Waals surface area contributed by atoms with E-state index in [4.69, 9.17) is 14.2 Å². The van der Waals surface area contributed by atoms with E-state index in [0.29, 0.717) is 17.9 Å². The maximum absolute atomic E-state index is 12.2. The van der Waals surface area contributed by atoms with E-state index in [2.05, 4.69) is 0 Å². The Labute approximate surface area is 149 Å². The summed E-state index contributed by atoms with van der Waals surface area (Å²) in [5, 5.41) is 0. The molecule has 0 aromatic heterocycles. The van der Waals surface area contributed by atoms with Gasteiger partial charge in [0.15, 0.2) is 0 Å². The summed E-state index contributed by atoms with van der Waals surface area (Å²) in [5.41, 5.74) is 0.781. The van der Waals surface area contributed by atoms with E-state index in [1.807, 2.05) is 46.8 Å². The molecule has 6 nitrogen and oxygen atoms in total. The maximum atomic E-state index is 12.2. The molecule has 0 aliphatic carbocycles. The van der Waals surface area contributed by atoms with Gasteiger partial charge in [-0.15, -0.1) is 0 Å². The Hall–Kier alpha value is -2.24. The Bertz CT molecular complexity index is 650. The third-order valence-corrected chi connectivity index (χ3v) is 4.17. The Balaban J connectivity index is 2.04. The summed E-state index contributed by atoms with van der Waals surface area (Å²) in [4.78, 5) is 25.7. The molecule has 0 N–H and O–H groups in total. The fraction of sp³-hybridized carbons (Fsp3) is 0.579. The predicted molar refractivity (Wildman–Crippen MR) is 94.0 cm³/mol. The maximum Gasteiger partial charge on any atom is 0.410 e. The van der Waals surface area contributed by atoms with Gasteiger partial charge in [-0.3, -0.25) is 0 Å². The second-order valence-corrected chi connectivity index (χ2v) is 7.32. The Kier molecular flexibility index (Phi) is 5.60. The molecule has 1 aromatic rings. The Morgan fingerprint density at radius 1 is 1.28 bits per heavy atom. The lowest BCUT2D eigenvalue weighted by atomic mass is 9.98. The van der Waals surface area contributed by atoms with Gasteiger partial charge in [0, 0.05) is 6.54 Å². The molecule has 1 aromatic carbocycles. The first-order chi connectivity index (χ1) is 11.6. The van der Waals surface area contributed by atoms with Crippen LogP contribution >= 0.6 is 0 Å². The third-order valence-electron chi connectivity index (χ3n) is 4.17. The van der Waals surface area contributed by atoms with Gasteiger partial charge in [0.25, 0.3) is 0 Å². The van der Waals surface area contributed by atoms with Crippen LogP contribution in [0.25, 0.3) is 0 Å². The minimum Gasteiger partial charge on any atom is -0.489 e. The average molecular weight is 349 g/mol. The van der Waals surface area contributed by atoms with E-state index in [1.54, 1.807) is 11.0 Å². The van der Waals surface area contributed by atoms with Crippen LogP contribution in [0.4, 0.5) is 4.79 Å². The lowest BCUT2D eigenvalue weighted by Gasteiger charge is -2.44. The van der Waals surface area contributed by atoms with Gasteiger partial charge < -0.3 is 19.1 Å². The molecule has 6 heteroatoms. The minimum absolute atomic E-state index is 0.0438. The number of hydrogen-bond donors (Lipinski definition) is 0. The standard InChI is InChI=1S/C19H27NO5/c1-12-7-8-14(11-15(12)17(21)23-6)24-13(2)16-9-10-20(16)18(22)25-19(3,4)5/h7-8,11,13,16H,9-10H2,1-6H3/t13-,16-/m0/s1. The highest BCUT2D eigenvalue weighted by atomic mass is 16.6. The Morgan fingerprint density at radius 3 is 2.48 bits per heavy atom. The first-order valence-corrected chi connectivity index (χ1v) is 8.47. The molecule has 1 amide bonds. The van der Waals surface area contributed by atoms with E-state index >= 15 is 0 Å². The monoisotopic (exact) mass is 349 g/mol. The highest BCUT2D eigenvalue weighted by Gasteiger charge is 2.39. The molecule has 1 fully saturated rings. The predicted octanol–water partition coefficient (Wildman–Crippen LogP) is 3.56. The summed E-state index contributed by atoms with van der Waals surface area (Å²) < 4.78 is 16.2. The zero-order chi connectivity index (χ0) is 18.8. The number of esters is 1. The van der Waals surface area contributed by atoms with Crippen molar-refractivity contribution < 1.29 is 23.8 Å². The van der Waals surface area contributed by atoms with Crippen molar-refractivity contribution in [3.63, 3.8) is 0 Å². The lowest BCUT2D eigenvalue weighted by Crippen LogP contribution is -2.58. The molecule has 0 bridgehead atoms. The number of carbonyl (C=O) groups is 2. The van der Waals surface area contributed by atoms with Crippen molar-refractivity contribution in [2.24, 2.45) is 0 Å². The van der Waals surface area contributed by atoms with Gasteiger partial charge in [-0.05, 0) is 58.7 Å². The van der Waals surface area contributed by atoms with Crippen molar-refractivity contribution in [3.8, 4) is 5.75 Å². The van der Waals surface area contributed by atoms with Crippen LogP contribution < -0.4 is 4.74 Å². The number of methoxy groups -OCH3 is 1. The fourth-order valence-corrected chi connectivity index (χ4v) is 2.74. The minimum atomic E-state index is -0.520. The van der Waals surface area contributed by atoms with Crippen LogP contribution in [0.3, 0.4) is 0 Å². The summed E-state index contributed by atoms with van der Waals surface area (Å²) in [6.45, 7) is 9.96. The summed E-state index contributed by atoms with van der Waals surface area (Å²) in [7, 11) is 1.35. The normalized spacial score (nSPS) is 18.2. The number of nitrogens with zero attached hydrogens (tertiary/aromatic N) is 1. The van der Waals surface area contributed by atoms with Crippen LogP contribution in [0.2, 0.25) is 0 Å². The molecule has 1 aliphatic rings. The second kappa shape index (κ2) is 7.33. The lowest BCUT2D eigenvalue weighted by molar-refractivity contribution is -0.0300. The van der Waals surface area contributed by atoms with E-state index in [9.17, 15) is 9.59 Å². The summed E-state index contributed by atoms with van der Waals surface area (Å²) in [5.74, 6) is 0.184. The average Bonchev–Trinajstić information content (AvgIpc) is 2.45. The molecule has 0 unspecified atom stereocenters. The number of rotatable bonds is 4. The molecule has 1 heterocycles. The molecular formula is C19H27NO5. The highest BCUT2D eigenvalue weighted by molar-refractivity contribution is 5.91. The van der Waals surface area contributed by atoms with Crippen LogP contribution in [0, 0.1) is 6.92 Å². The van der Waals surface area contributed by atoms with Gasteiger partial charge in [0.1, 0.15) is 17.5 Å². The van der Waals surface area contributed by atoms with Crippen molar-refractivity contribution in [1.82, 2.24) is 4.90 Å². The molecule has 25 heavy (non-hydrogen) atoms. The van der Waals surface area contributed by atoms with Crippen molar-refractivity contribution in [3.05, 3.63) is 29.3 Å². The van der Waals surface area contributed by atoms with E-state index in [-0.39, 0.29) is 18.2 Å². The highest BCUT2D eigenvalue weighted by Crippen LogP contribution is 2.27. The molecule has 1 aliphatic heterocycles. The van der Waals surface area contributed by atoms with E-state index in [0.717, 1.165) is 12.0 Å². The van der Waals surface area contributed by atoms with E-state index < -0.39 is 11.6 Å². The molecule has 138 valence electrons. The number of ether oxygens (including phenoxy) is 3. The molecule has 0 radical (unpaired) electrons. The number of aryl methyl sites for hydroxylation is 1. The van der Waals surface area contributed by atoms with Gasteiger partial charge in [0.2, 0.25) is 0 Å². The largest absolute Gasteiger partial charge is 0.489 e. The first-order valence-electron chi connectivity index (χ1n) is 8.47. The van der Waals surface area contributed by atoms with Gasteiger partial charge in [-0.2, -0.15) is 0 Å². The zero-order valence-electron chi connectivity index (χ0n) is 15.8. The molecule has 1 saturated heterocycles. The first kappa shape index (κ1) is 19.1. The van der Waals surface area contributed by atoms with E-state index in [1.165, 1.54) is 7.11 Å². The number of likely N-dealkylation sites (tertiary alicyclic amines) is 1.